The summed E-state index contributed by atoms with van der Waals surface area (Å²) in [6.45, 7) is 10.9. The lowest BCUT2D eigenvalue weighted by atomic mass is 10.1. The Labute approximate surface area is 188 Å². The van der Waals surface area contributed by atoms with Crippen molar-refractivity contribution >= 4 is 39.0 Å². The number of carbonyl (C=O) groups is 1. The number of anilines is 2. The number of nitrogens with one attached hydrogen (secondary N) is 1. The minimum absolute atomic E-state index is 0.0593. The summed E-state index contributed by atoms with van der Waals surface area (Å²) in [5, 5.41) is 4.33. The number of carbonyl (C=O) groups excluding carboxylic acids is 1. The molecule has 4 rings (SSSR count). The molecule has 2 heterocycles. The minimum atomic E-state index is -0.0593. The number of allylic oxidation sites excluding steroid dienone is 1. The highest BCUT2D eigenvalue weighted by Gasteiger charge is 2.20. The maximum Gasteiger partial charge on any atom is 0.248 e. The summed E-state index contributed by atoms with van der Waals surface area (Å²) in [6.07, 6.45) is 2.57. The Hall–Kier alpha value is -2.70. The van der Waals surface area contributed by atoms with E-state index in [4.69, 9.17) is 4.37 Å². The summed E-state index contributed by atoms with van der Waals surface area (Å²) in [5.41, 5.74) is 4.27. The molecule has 1 fully saturated rings. The van der Waals surface area contributed by atoms with Gasteiger partial charge in [0.25, 0.3) is 0 Å². The van der Waals surface area contributed by atoms with Gasteiger partial charge in [0.15, 0.2) is 0 Å². The number of piperazine rings is 1. The van der Waals surface area contributed by atoms with E-state index in [9.17, 15) is 4.79 Å². The number of amides is 1. The Morgan fingerprint density at radius 1 is 1.13 bits per heavy atom. The number of nitrogens with zero attached hydrogens (tertiary/aromatic N) is 3. The van der Waals surface area contributed by atoms with Gasteiger partial charge in [0.05, 0.1) is 4.70 Å². The second-order valence-electron chi connectivity index (χ2n) is 8.45. The Morgan fingerprint density at radius 3 is 2.68 bits per heavy atom. The molecule has 0 aliphatic carbocycles. The molecular formula is C25H30N4OS. The molecule has 0 bridgehead atoms. The van der Waals surface area contributed by atoms with Crippen LogP contribution in [0.2, 0.25) is 0 Å². The first-order chi connectivity index (χ1) is 15.0. The SMILES string of the molecule is CC(C)=CC(=O)Nc1cc(C)ccc1CCN1CCN(c2nsc3ccccc23)CC1. The normalized spacial score (nSPS) is 14.6. The van der Waals surface area contributed by atoms with Gasteiger partial charge in [0.1, 0.15) is 5.82 Å². The van der Waals surface area contributed by atoms with Crippen molar-refractivity contribution in [2.45, 2.75) is 27.2 Å². The van der Waals surface area contributed by atoms with Gasteiger partial charge in [-0.3, -0.25) is 9.69 Å². The summed E-state index contributed by atoms with van der Waals surface area (Å²) < 4.78 is 5.96. The molecule has 1 amide bonds. The average molecular weight is 435 g/mol. The van der Waals surface area contributed by atoms with Gasteiger partial charge in [-0.05, 0) is 68.1 Å². The smallest absolute Gasteiger partial charge is 0.248 e. The third kappa shape index (κ3) is 5.32. The largest absolute Gasteiger partial charge is 0.353 e. The van der Waals surface area contributed by atoms with Crippen LogP contribution in [-0.4, -0.2) is 47.9 Å². The predicted molar refractivity (Wildman–Crippen MR) is 131 cm³/mol. The summed E-state index contributed by atoms with van der Waals surface area (Å²) in [7, 11) is 0. The zero-order valence-electron chi connectivity index (χ0n) is 18.5. The van der Waals surface area contributed by atoms with Crippen molar-refractivity contribution in [1.82, 2.24) is 9.27 Å². The summed E-state index contributed by atoms with van der Waals surface area (Å²) in [6, 6.07) is 14.8. The Bertz CT molecular complexity index is 1090. The summed E-state index contributed by atoms with van der Waals surface area (Å²) in [4.78, 5) is 17.1. The predicted octanol–water partition coefficient (Wildman–Crippen LogP) is 4.87. The van der Waals surface area contributed by atoms with E-state index in [1.807, 2.05) is 13.8 Å². The molecule has 0 unspecified atom stereocenters. The van der Waals surface area contributed by atoms with E-state index in [1.54, 1.807) is 17.6 Å². The van der Waals surface area contributed by atoms with E-state index < -0.39 is 0 Å². The fourth-order valence-electron chi connectivity index (χ4n) is 4.02. The molecule has 162 valence electrons. The van der Waals surface area contributed by atoms with Crippen molar-refractivity contribution in [3.63, 3.8) is 0 Å². The number of rotatable bonds is 6. The van der Waals surface area contributed by atoms with Crippen molar-refractivity contribution in [3.05, 3.63) is 65.2 Å². The zero-order chi connectivity index (χ0) is 21.8. The Kier molecular flexibility index (Phi) is 6.68. The van der Waals surface area contributed by atoms with Crippen molar-refractivity contribution in [1.29, 1.82) is 0 Å². The van der Waals surface area contributed by atoms with Crippen molar-refractivity contribution in [2.75, 3.05) is 42.9 Å². The van der Waals surface area contributed by atoms with Gasteiger partial charge in [0, 0.05) is 49.9 Å². The van der Waals surface area contributed by atoms with E-state index in [2.05, 4.69) is 64.5 Å². The Balaban J connectivity index is 1.35. The van der Waals surface area contributed by atoms with Crippen LogP contribution in [0.25, 0.3) is 10.1 Å². The molecule has 1 saturated heterocycles. The zero-order valence-corrected chi connectivity index (χ0v) is 19.3. The molecule has 0 saturated carbocycles. The average Bonchev–Trinajstić information content (AvgIpc) is 3.17. The minimum Gasteiger partial charge on any atom is -0.353 e. The third-order valence-electron chi connectivity index (χ3n) is 5.67. The van der Waals surface area contributed by atoms with Crippen LogP contribution in [0.15, 0.2) is 54.1 Å². The first kappa shape index (κ1) is 21.5. The molecule has 0 spiro atoms. The monoisotopic (exact) mass is 434 g/mol. The molecule has 0 atom stereocenters. The first-order valence-corrected chi connectivity index (χ1v) is 11.6. The van der Waals surface area contributed by atoms with Crippen LogP contribution < -0.4 is 10.2 Å². The van der Waals surface area contributed by atoms with Crippen LogP contribution in [0.1, 0.15) is 25.0 Å². The molecule has 5 nitrogen and oxygen atoms in total. The molecular weight excluding hydrogens is 404 g/mol. The van der Waals surface area contributed by atoms with Gasteiger partial charge in [0.2, 0.25) is 5.91 Å². The van der Waals surface area contributed by atoms with Crippen LogP contribution in [0.4, 0.5) is 11.5 Å². The standard InChI is InChI=1S/C25H30N4OS/c1-18(2)16-24(30)26-22-17-19(3)8-9-20(22)10-11-28-12-14-29(15-13-28)25-21-6-4-5-7-23(21)31-27-25/h4-9,16-17H,10-15H2,1-3H3,(H,26,30). The molecule has 1 N–H and O–H groups in total. The van der Waals surface area contributed by atoms with E-state index in [1.165, 1.54) is 15.6 Å². The van der Waals surface area contributed by atoms with Crippen LogP contribution in [0.5, 0.6) is 0 Å². The number of aryl methyl sites for hydroxylation is 1. The van der Waals surface area contributed by atoms with Gasteiger partial charge in [-0.15, -0.1) is 0 Å². The van der Waals surface area contributed by atoms with Gasteiger partial charge < -0.3 is 10.2 Å². The van der Waals surface area contributed by atoms with Crippen LogP contribution in [-0.2, 0) is 11.2 Å². The molecule has 0 radical (unpaired) electrons. The maximum absolute atomic E-state index is 12.2. The van der Waals surface area contributed by atoms with Crippen LogP contribution >= 0.6 is 11.5 Å². The maximum atomic E-state index is 12.2. The fraction of sp³-hybridized carbons (Fsp3) is 0.360. The molecule has 31 heavy (non-hydrogen) atoms. The van der Waals surface area contributed by atoms with Gasteiger partial charge >= 0.3 is 0 Å². The second kappa shape index (κ2) is 9.62. The number of benzene rings is 2. The molecule has 1 aromatic heterocycles. The molecule has 1 aliphatic heterocycles. The van der Waals surface area contributed by atoms with Gasteiger partial charge in [-0.2, -0.15) is 4.37 Å². The molecule has 6 heteroatoms. The van der Waals surface area contributed by atoms with Gasteiger partial charge in [-0.25, -0.2) is 0 Å². The highest BCUT2D eigenvalue weighted by molar-refractivity contribution is 7.13. The number of hydrogen-bond acceptors (Lipinski definition) is 5. The highest BCUT2D eigenvalue weighted by atomic mass is 32.1. The van der Waals surface area contributed by atoms with Crippen LogP contribution in [0.3, 0.4) is 0 Å². The fourth-order valence-corrected chi connectivity index (χ4v) is 4.81. The van der Waals surface area contributed by atoms with E-state index in [0.29, 0.717) is 0 Å². The van der Waals surface area contributed by atoms with E-state index in [0.717, 1.165) is 61.8 Å². The second-order valence-corrected chi connectivity index (χ2v) is 9.26. The molecule has 1 aliphatic rings. The highest BCUT2D eigenvalue weighted by Crippen LogP contribution is 2.30. The van der Waals surface area contributed by atoms with Crippen molar-refractivity contribution < 1.29 is 4.79 Å². The molecule has 2 aromatic carbocycles. The lowest BCUT2D eigenvalue weighted by molar-refractivity contribution is -0.111. The van der Waals surface area contributed by atoms with E-state index in [-0.39, 0.29) is 5.91 Å². The quantitative estimate of drug-likeness (QED) is 0.562. The topological polar surface area (TPSA) is 48.5 Å². The Morgan fingerprint density at radius 2 is 1.90 bits per heavy atom. The lowest BCUT2D eigenvalue weighted by Crippen LogP contribution is -2.47. The number of hydrogen-bond donors (Lipinski definition) is 1. The van der Waals surface area contributed by atoms with Crippen molar-refractivity contribution in [2.24, 2.45) is 0 Å². The summed E-state index contributed by atoms with van der Waals surface area (Å²) >= 11 is 1.58. The lowest BCUT2D eigenvalue weighted by Gasteiger charge is -2.35. The van der Waals surface area contributed by atoms with E-state index >= 15 is 0 Å². The van der Waals surface area contributed by atoms with Crippen LogP contribution in [0, 0.1) is 6.92 Å². The number of fused-ring (bicyclic) bond motifs is 1. The van der Waals surface area contributed by atoms with Gasteiger partial charge in [-0.1, -0.05) is 29.8 Å². The third-order valence-corrected chi connectivity index (χ3v) is 6.49. The van der Waals surface area contributed by atoms with Crippen molar-refractivity contribution in [3.8, 4) is 0 Å². The molecule has 3 aromatic rings. The number of aromatic nitrogens is 1. The summed E-state index contributed by atoms with van der Waals surface area (Å²) in [5.74, 6) is 1.07. The first-order valence-electron chi connectivity index (χ1n) is 10.9.